The van der Waals surface area contributed by atoms with Gasteiger partial charge in [-0.25, -0.2) is 0 Å². The molecule has 0 saturated heterocycles. The standard InChI is InChI=1S/C18H20N4O3/c1-12-5-7-14(8-6-12)16(20-13(2)23)10-17(24)21-22-18(25)15-4-3-9-19-11-15/h3-9,11,16H,10H2,1-2H3,(H,20,23)(H,21,24)(H,22,25). The number of hydrogen-bond donors (Lipinski definition) is 3. The summed E-state index contributed by atoms with van der Waals surface area (Å²) in [7, 11) is 0. The molecule has 0 aliphatic carbocycles. The van der Waals surface area contributed by atoms with Gasteiger partial charge in [0.2, 0.25) is 11.8 Å². The van der Waals surface area contributed by atoms with E-state index in [-0.39, 0.29) is 12.3 Å². The number of pyridine rings is 1. The van der Waals surface area contributed by atoms with Crippen molar-refractivity contribution >= 4 is 17.7 Å². The Morgan fingerprint density at radius 2 is 1.80 bits per heavy atom. The highest BCUT2D eigenvalue weighted by Crippen LogP contribution is 2.17. The molecular formula is C18H20N4O3. The van der Waals surface area contributed by atoms with Crippen LogP contribution in [0.1, 0.15) is 40.9 Å². The number of aryl methyl sites for hydroxylation is 1. The van der Waals surface area contributed by atoms with Gasteiger partial charge in [-0.05, 0) is 24.6 Å². The van der Waals surface area contributed by atoms with Crippen LogP contribution < -0.4 is 16.2 Å². The van der Waals surface area contributed by atoms with Crippen molar-refractivity contribution in [1.29, 1.82) is 0 Å². The minimum Gasteiger partial charge on any atom is -0.349 e. The molecule has 0 fully saturated rings. The second-order valence-electron chi connectivity index (χ2n) is 5.61. The molecular weight excluding hydrogens is 320 g/mol. The predicted molar refractivity (Wildman–Crippen MR) is 92.2 cm³/mol. The maximum atomic E-state index is 12.1. The van der Waals surface area contributed by atoms with Crippen molar-refractivity contribution in [2.75, 3.05) is 0 Å². The molecule has 0 saturated carbocycles. The normalized spacial score (nSPS) is 11.3. The molecule has 3 N–H and O–H groups in total. The van der Waals surface area contributed by atoms with Crippen LogP contribution in [-0.2, 0) is 9.59 Å². The SMILES string of the molecule is CC(=O)NC(CC(=O)NNC(=O)c1cccnc1)c1ccc(C)cc1. The summed E-state index contributed by atoms with van der Waals surface area (Å²) in [6.45, 7) is 3.35. The summed E-state index contributed by atoms with van der Waals surface area (Å²) in [6.07, 6.45) is 2.94. The molecule has 1 aromatic carbocycles. The summed E-state index contributed by atoms with van der Waals surface area (Å²) in [5.74, 6) is -1.12. The van der Waals surface area contributed by atoms with Crippen LogP contribution in [0.3, 0.4) is 0 Å². The molecule has 1 aromatic heterocycles. The van der Waals surface area contributed by atoms with Gasteiger partial charge in [0, 0.05) is 19.3 Å². The van der Waals surface area contributed by atoms with Gasteiger partial charge in [-0.2, -0.15) is 0 Å². The highest BCUT2D eigenvalue weighted by atomic mass is 16.2. The van der Waals surface area contributed by atoms with Crippen molar-refractivity contribution in [3.8, 4) is 0 Å². The van der Waals surface area contributed by atoms with Crippen LogP contribution in [0.25, 0.3) is 0 Å². The fourth-order valence-electron chi connectivity index (χ4n) is 2.23. The number of carbonyl (C=O) groups is 3. The topological polar surface area (TPSA) is 100 Å². The van der Waals surface area contributed by atoms with Crippen LogP contribution in [0.15, 0.2) is 48.8 Å². The number of hydrazine groups is 1. The molecule has 7 heteroatoms. The van der Waals surface area contributed by atoms with Gasteiger partial charge < -0.3 is 5.32 Å². The first-order chi connectivity index (χ1) is 12.0. The third-order valence-electron chi connectivity index (χ3n) is 3.49. The van der Waals surface area contributed by atoms with E-state index < -0.39 is 17.9 Å². The quantitative estimate of drug-likeness (QED) is 0.717. The van der Waals surface area contributed by atoms with E-state index in [9.17, 15) is 14.4 Å². The highest BCUT2D eigenvalue weighted by Gasteiger charge is 2.17. The fraction of sp³-hybridized carbons (Fsp3) is 0.222. The fourth-order valence-corrected chi connectivity index (χ4v) is 2.23. The Hall–Kier alpha value is -3.22. The zero-order chi connectivity index (χ0) is 18.2. The summed E-state index contributed by atoms with van der Waals surface area (Å²) in [5, 5.41) is 2.74. The molecule has 2 aromatic rings. The molecule has 0 spiro atoms. The predicted octanol–water partition coefficient (Wildman–Crippen LogP) is 1.42. The number of nitrogens with one attached hydrogen (secondary N) is 3. The number of benzene rings is 1. The van der Waals surface area contributed by atoms with Crippen molar-refractivity contribution in [2.24, 2.45) is 0 Å². The Kier molecular flexibility index (Phi) is 6.22. The van der Waals surface area contributed by atoms with E-state index in [1.165, 1.54) is 13.1 Å². The Bertz CT molecular complexity index is 745. The summed E-state index contributed by atoms with van der Waals surface area (Å²) in [6, 6.07) is 10.3. The number of rotatable bonds is 5. The van der Waals surface area contributed by atoms with Crippen LogP contribution in [0.5, 0.6) is 0 Å². The molecule has 2 rings (SSSR count). The first-order valence-electron chi connectivity index (χ1n) is 7.78. The van der Waals surface area contributed by atoms with Crippen LogP contribution >= 0.6 is 0 Å². The van der Waals surface area contributed by atoms with Gasteiger partial charge in [0.15, 0.2) is 0 Å². The van der Waals surface area contributed by atoms with Gasteiger partial charge in [-0.3, -0.25) is 30.2 Å². The number of hydrogen-bond acceptors (Lipinski definition) is 4. The molecule has 0 bridgehead atoms. The molecule has 1 unspecified atom stereocenters. The molecule has 25 heavy (non-hydrogen) atoms. The minimum absolute atomic E-state index is 0.00401. The molecule has 0 radical (unpaired) electrons. The van der Waals surface area contributed by atoms with E-state index in [4.69, 9.17) is 0 Å². The molecule has 1 heterocycles. The Morgan fingerprint density at radius 1 is 1.08 bits per heavy atom. The lowest BCUT2D eigenvalue weighted by molar-refractivity contribution is -0.123. The van der Waals surface area contributed by atoms with Crippen molar-refractivity contribution in [3.05, 3.63) is 65.5 Å². The number of aromatic nitrogens is 1. The van der Waals surface area contributed by atoms with Gasteiger partial charge in [0.1, 0.15) is 0 Å². The summed E-state index contributed by atoms with van der Waals surface area (Å²) < 4.78 is 0. The summed E-state index contributed by atoms with van der Waals surface area (Å²) in [4.78, 5) is 39.2. The number of carbonyl (C=O) groups excluding carboxylic acids is 3. The van der Waals surface area contributed by atoms with Gasteiger partial charge in [-0.15, -0.1) is 0 Å². The first kappa shape index (κ1) is 18.1. The zero-order valence-electron chi connectivity index (χ0n) is 14.1. The van der Waals surface area contributed by atoms with Gasteiger partial charge in [0.25, 0.3) is 5.91 Å². The first-order valence-corrected chi connectivity index (χ1v) is 7.78. The third-order valence-corrected chi connectivity index (χ3v) is 3.49. The molecule has 0 aliphatic rings. The second-order valence-corrected chi connectivity index (χ2v) is 5.61. The largest absolute Gasteiger partial charge is 0.349 e. The van der Waals surface area contributed by atoms with Gasteiger partial charge in [-0.1, -0.05) is 29.8 Å². The van der Waals surface area contributed by atoms with Crippen molar-refractivity contribution in [1.82, 2.24) is 21.2 Å². The number of nitrogens with zero attached hydrogens (tertiary/aromatic N) is 1. The maximum Gasteiger partial charge on any atom is 0.271 e. The molecule has 130 valence electrons. The van der Waals surface area contributed by atoms with Gasteiger partial charge in [0.05, 0.1) is 18.0 Å². The van der Waals surface area contributed by atoms with Gasteiger partial charge >= 0.3 is 0 Å². The lowest BCUT2D eigenvalue weighted by atomic mass is 10.0. The summed E-state index contributed by atoms with van der Waals surface area (Å²) >= 11 is 0. The van der Waals surface area contributed by atoms with E-state index in [2.05, 4.69) is 21.2 Å². The highest BCUT2D eigenvalue weighted by molar-refractivity contribution is 5.95. The molecule has 3 amide bonds. The van der Waals surface area contributed by atoms with Crippen LogP contribution in [0.4, 0.5) is 0 Å². The van der Waals surface area contributed by atoms with E-state index in [0.29, 0.717) is 5.56 Å². The van der Waals surface area contributed by atoms with E-state index >= 15 is 0 Å². The molecule has 7 nitrogen and oxygen atoms in total. The lowest BCUT2D eigenvalue weighted by Crippen LogP contribution is -2.43. The lowest BCUT2D eigenvalue weighted by Gasteiger charge is -2.18. The average Bonchev–Trinajstić information content (AvgIpc) is 2.60. The van der Waals surface area contributed by atoms with Crippen molar-refractivity contribution < 1.29 is 14.4 Å². The Labute approximate surface area is 145 Å². The van der Waals surface area contributed by atoms with Crippen LogP contribution in [0.2, 0.25) is 0 Å². The molecule has 0 aliphatic heterocycles. The minimum atomic E-state index is -0.478. The van der Waals surface area contributed by atoms with Crippen molar-refractivity contribution in [2.45, 2.75) is 26.3 Å². The van der Waals surface area contributed by atoms with E-state index in [0.717, 1.165) is 11.1 Å². The zero-order valence-corrected chi connectivity index (χ0v) is 14.1. The second kappa shape index (κ2) is 8.58. The van der Waals surface area contributed by atoms with Crippen LogP contribution in [0, 0.1) is 6.92 Å². The maximum absolute atomic E-state index is 12.1. The molecule has 1 atom stereocenters. The average molecular weight is 340 g/mol. The Morgan fingerprint density at radius 3 is 2.40 bits per heavy atom. The smallest absolute Gasteiger partial charge is 0.271 e. The third kappa shape index (κ3) is 5.72. The summed E-state index contributed by atoms with van der Waals surface area (Å²) in [5.41, 5.74) is 6.90. The van der Waals surface area contributed by atoms with Crippen molar-refractivity contribution in [3.63, 3.8) is 0 Å². The number of amides is 3. The Balaban J connectivity index is 1.96. The van der Waals surface area contributed by atoms with Crippen LogP contribution in [-0.4, -0.2) is 22.7 Å². The monoisotopic (exact) mass is 340 g/mol. The van der Waals surface area contributed by atoms with E-state index in [1.807, 2.05) is 31.2 Å². The van der Waals surface area contributed by atoms with E-state index in [1.54, 1.807) is 18.3 Å².